The molecule has 0 aliphatic carbocycles. The van der Waals surface area contributed by atoms with Gasteiger partial charge in [0.15, 0.2) is 0 Å². The molecule has 1 amide bonds. The summed E-state index contributed by atoms with van der Waals surface area (Å²) in [5.41, 5.74) is 3.03. The number of fused-ring (bicyclic) bond motifs is 1. The second-order valence-corrected chi connectivity index (χ2v) is 6.75. The molecule has 1 aromatic carbocycles. The molecule has 2 aromatic heterocycles. The van der Waals surface area contributed by atoms with Gasteiger partial charge in [-0.15, -0.1) is 0 Å². The Morgan fingerprint density at radius 2 is 2.16 bits per heavy atom. The highest BCUT2D eigenvalue weighted by molar-refractivity contribution is 6.31. The lowest BCUT2D eigenvalue weighted by Gasteiger charge is -2.07. The summed E-state index contributed by atoms with van der Waals surface area (Å²) in [7, 11) is 0. The fourth-order valence-electron chi connectivity index (χ4n) is 2.90. The molecule has 132 valence electrons. The topological polar surface area (TPSA) is 62.7 Å². The van der Waals surface area contributed by atoms with Crippen molar-refractivity contribution in [2.24, 2.45) is 0 Å². The number of aromatic amines is 1. The molecule has 2 N–H and O–H groups in total. The summed E-state index contributed by atoms with van der Waals surface area (Å²) in [5, 5.41) is 8.16. The van der Waals surface area contributed by atoms with Crippen LogP contribution in [0.3, 0.4) is 0 Å². The normalized spacial score (nSPS) is 11.4. The molecule has 0 radical (unpaired) electrons. The van der Waals surface area contributed by atoms with E-state index in [0.717, 1.165) is 16.6 Å². The monoisotopic (exact) mass is 362 g/mol. The molecule has 0 aliphatic heterocycles. The molecule has 0 fully saturated rings. The van der Waals surface area contributed by atoms with Crippen molar-refractivity contribution in [2.75, 3.05) is 6.54 Å². The van der Waals surface area contributed by atoms with Gasteiger partial charge in [-0.3, -0.25) is 9.48 Å². The zero-order chi connectivity index (χ0) is 18.1. The molecule has 3 rings (SSSR count). The SMILES string of the molecule is Cc1cc(C(=O)NCCc2c[nH]c3cc(F)c(Cl)cc23)nn1C(C)C. The summed E-state index contributed by atoms with van der Waals surface area (Å²) >= 11 is 5.85. The molecule has 7 heteroatoms. The number of aromatic nitrogens is 3. The molecule has 2 heterocycles. The van der Waals surface area contributed by atoms with Gasteiger partial charge >= 0.3 is 0 Å². The molecule has 0 aliphatic rings. The number of halogens is 2. The smallest absolute Gasteiger partial charge is 0.271 e. The minimum Gasteiger partial charge on any atom is -0.361 e. The maximum absolute atomic E-state index is 13.5. The van der Waals surface area contributed by atoms with Gasteiger partial charge in [0, 0.05) is 35.4 Å². The molecule has 5 nitrogen and oxygen atoms in total. The summed E-state index contributed by atoms with van der Waals surface area (Å²) in [4.78, 5) is 15.3. The van der Waals surface area contributed by atoms with Gasteiger partial charge in [-0.05, 0) is 51.0 Å². The Morgan fingerprint density at radius 3 is 2.84 bits per heavy atom. The maximum Gasteiger partial charge on any atom is 0.271 e. The highest BCUT2D eigenvalue weighted by Gasteiger charge is 2.14. The Hall–Kier alpha value is -2.34. The first-order valence-corrected chi connectivity index (χ1v) is 8.54. The van der Waals surface area contributed by atoms with Gasteiger partial charge in [-0.2, -0.15) is 5.10 Å². The highest BCUT2D eigenvalue weighted by Crippen LogP contribution is 2.25. The van der Waals surface area contributed by atoms with Crippen molar-refractivity contribution < 1.29 is 9.18 Å². The predicted octanol–water partition coefficient (Wildman–Crippen LogP) is 4.02. The summed E-state index contributed by atoms with van der Waals surface area (Å²) in [6, 6.07) is 4.97. The molecule has 25 heavy (non-hydrogen) atoms. The Kier molecular flexibility index (Phi) is 4.81. The molecule has 0 spiro atoms. The lowest BCUT2D eigenvalue weighted by Crippen LogP contribution is -2.26. The summed E-state index contributed by atoms with van der Waals surface area (Å²) in [6.07, 6.45) is 2.42. The van der Waals surface area contributed by atoms with Crippen molar-refractivity contribution in [3.05, 3.63) is 52.2 Å². The summed E-state index contributed by atoms with van der Waals surface area (Å²) < 4.78 is 15.3. The average Bonchev–Trinajstić information content (AvgIpc) is 3.12. The van der Waals surface area contributed by atoms with Gasteiger partial charge in [0.05, 0.1) is 5.02 Å². The number of hydrogen-bond donors (Lipinski definition) is 2. The van der Waals surface area contributed by atoms with Crippen LogP contribution in [-0.2, 0) is 6.42 Å². The first kappa shape index (κ1) is 17.5. The number of H-pyrrole nitrogens is 1. The van der Waals surface area contributed by atoms with Crippen LogP contribution in [0.15, 0.2) is 24.4 Å². The second kappa shape index (κ2) is 6.88. The largest absolute Gasteiger partial charge is 0.361 e. The van der Waals surface area contributed by atoms with Crippen LogP contribution in [0.5, 0.6) is 0 Å². The van der Waals surface area contributed by atoms with Crippen LogP contribution in [0.25, 0.3) is 10.9 Å². The predicted molar refractivity (Wildman–Crippen MR) is 96.7 cm³/mol. The lowest BCUT2D eigenvalue weighted by atomic mass is 10.1. The molecule has 0 saturated carbocycles. The van der Waals surface area contributed by atoms with Gasteiger partial charge in [0.25, 0.3) is 5.91 Å². The van der Waals surface area contributed by atoms with E-state index in [4.69, 9.17) is 11.6 Å². The molecule has 0 atom stereocenters. The van der Waals surface area contributed by atoms with Crippen LogP contribution < -0.4 is 5.32 Å². The number of carbonyl (C=O) groups is 1. The number of aryl methyl sites for hydroxylation is 1. The summed E-state index contributed by atoms with van der Waals surface area (Å²) in [6.45, 7) is 6.42. The van der Waals surface area contributed by atoms with Crippen LogP contribution >= 0.6 is 11.6 Å². The van der Waals surface area contributed by atoms with E-state index in [1.165, 1.54) is 6.07 Å². The van der Waals surface area contributed by atoms with Crippen LogP contribution in [0.2, 0.25) is 5.02 Å². The van der Waals surface area contributed by atoms with E-state index in [-0.39, 0.29) is 17.0 Å². The molecule has 0 bridgehead atoms. The van der Waals surface area contributed by atoms with Gasteiger partial charge in [0.1, 0.15) is 11.5 Å². The first-order valence-electron chi connectivity index (χ1n) is 8.16. The number of carbonyl (C=O) groups excluding carboxylic acids is 1. The summed E-state index contributed by atoms with van der Waals surface area (Å²) in [5.74, 6) is -0.654. The quantitative estimate of drug-likeness (QED) is 0.720. The van der Waals surface area contributed by atoms with E-state index in [2.05, 4.69) is 15.4 Å². The van der Waals surface area contributed by atoms with E-state index in [1.54, 1.807) is 12.1 Å². The van der Waals surface area contributed by atoms with E-state index in [9.17, 15) is 9.18 Å². The number of nitrogens with one attached hydrogen (secondary N) is 2. The zero-order valence-electron chi connectivity index (χ0n) is 14.4. The van der Waals surface area contributed by atoms with Gasteiger partial charge in [-0.25, -0.2) is 4.39 Å². The average molecular weight is 363 g/mol. The molecular formula is C18H20ClFN4O. The van der Waals surface area contributed by atoms with Gasteiger partial charge in [0.2, 0.25) is 0 Å². The highest BCUT2D eigenvalue weighted by atomic mass is 35.5. The number of hydrogen-bond acceptors (Lipinski definition) is 2. The van der Waals surface area contributed by atoms with Crippen molar-refractivity contribution in [3.8, 4) is 0 Å². The van der Waals surface area contributed by atoms with Crippen molar-refractivity contribution in [1.82, 2.24) is 20.1 Å². The van der Waals surface area contributed by atoms with E-state index < -0.39 is 5.82 Å². The van der Waals surface area contributed by atoms with Crippen LogP contribution in [0, 0.1) is 12.7 Å². The lowest BCUT2D eigenvalue weighted by molar-refractivity contribution is 0.0948. The number of rotatable bonds is 5. The molecule has 3 aromatic rings. The minimum absolute atomic E-state index is 0.0899. The number of nitrogens with zero attached hydrogens (tertiary/aromatic N) is 2. The molecule has 0 unspecified atom stereocenters. The third kappa shape index (κ3) is 3.54. The number of benzene rings is 1. The fourth-order valence-corrected chi connectivity index (χ4v) is 3.07. The van der Waals surface area contributed by atoms with E-state index in [1.807, 2.05) is 31.6 Å². The third-order valence-electron chi connectivity index (χ3n) is 4.13. The van der Waals surface area contributed by atoms with Crippen molar-refractivity contribution >= 4 is 28.4 Å². The van der Waals surface area contributed by atoms with E-state index in [0.29, 0.717) is 24.2 Å². The Balaban J connectivity index is 1.66. The maximum atomic E-state index is 13.5. The zero-order valence-corrected chi connectivity index (χ0v) is 15.1. The standard InChI is InChI=1S/C18H20ClFN4O/c1-10(2)24-11(3)6-17(23-24)18(25)21-5-4-12-9-22-16-8-15(20)14(19)7-13(12)16/h6-10,22H,4-5H2,1-3H3,(H,21,25). The third-order valence-corrected chi connectivity index (χ3v) is 4.42. The van der Waals surface area contributed by atoms with Crippen molar-refractivity contribution in [2.45, 2.75) is 33.2 Å². The van der Waals surface area contributed by atoms with Crippen LogP contribution in [-0.4, -0.2) is 27.2 Å². The number of amides is 1. The van der Waals surface area contributed by atoms with E-state index >= 15 is 0 Å². The van der Waals surface area contributed by atoms with Gasteiger partial charge in [-0.1, -0.05) is 11.6 Å². The van der Waals surface area contributed by atoms with Gasteiger partial charge < -0.3 is 10.3 Å². The Morgan fingerprint density at radius 1 is 1.40 bits per heavy atom. The van der Waals surface area contributed by atoms with Crippen molar-refractivity contribution in [3.63, 3.8) is 0 Å². The second-order valence-electron chi connectivity index (χ2n) is 6.34. The van der Waals surface area contributed by atoms with Crippen LogP contribution in [0.4, 0.5) is 4.39 Å². The van der Waals surface area contributed by atoms with Crippen molar-refractivity contribution in [1.29, 1.82) is 0 Å². The minimum atomic E-state index is -0.452. The molecule has 0 saturated heterocycles. The first-order chi connectivity index (χ1) is 11.9. The fraction of sp³-hybridized carbons (Fsp3) is 0.333. The molecular weight excluding hydrogens is 343 g/mol. The Bertz CT molecular complexity index is 929. The Labute approximate surface area is 150 Å². The van der Waals surface area contributed by atoms with Crippen LogP contribution in [0.1, 0.15) is 41.6 Å².